The molecular formula is C13H22N2. The molecule has 0 aromatic rings. The number of nitrogens with one attached hydrogen (secondary N) is 1. The van der Waals surface area contributed by atoms with Crippen LogP contribution in [-0.2, 0) is 0 Å². The molecule has 0 radical (unpaired) electrons. The van der Waals surface area contributed by atoms with E-state index in [2.05, 4.69) is 23.1 Å². The summed E-state index contributed by atoms with van der Waals surface area (Å²) in [5, 5.41) is 3.60. The van der Waals surface area contributed by atoms with Gasteiger partial charge < -0.3 is 5.32 Å². The quantitative estimate of drug-likeness (QED) is 0.703. The summed E-state index contributed by atoms with van der Waals surface area (Å²) in [6.45, 7) is 4.49. The highest BCUT2D eigenvalue weighted by Gasteiger charge is 2.33. The summed E-state index contributed by atoms with van der Waals surface area (Å²) >= 11 is 0. The molecule has 15 heavy (non-hydrogen) atoms. The van der Waals surface area contributed by atoms with Crippen LogP contribution in [0.4, 0.5) is 0 Å². The monoisotopic (exact) mass is 206 g/mol. The average Bonchev–Trinajstić information content (AvgIpc) is 3.10. The first-order chi connectivity index (χ1) is 7.31. The van der Waals surface area contributed by atoms with E-state index in [-0.39, 0.29) is 0 Å². The largest absolute Gasteiger partial charge is 0.313 e. The fourth-order valence-corrected chi connectivity index (χ4v) is 2.46. The Hall–Kier alpha value is -0.520. The fourth-order valence-electron chi connectivity index (χ4n) is 2.46. The van der Waals surface area contributed by atoms with Gasteiger partial charge in [0.15, 0.2) is 0 Å². The Bertz CT molecular complexity index is 233. The van der Waals surface area contributed by atoms with Crippen molar-refractivity contribution in [1.82, 2.24) is 10.2 Å². The molecule has 0 bridgehead atoms. The fraction of sp³-hybridized carbons (Fsp3) is 0.846. The van der Waals surface area contributed by atoms with Gasteiger partial charge in [-0.3, -0.25) is 4.90 Å². The summed E-state index contributed by atoms with van der Waals surface area (Å²) in [4.78, 5) is 2.52. The van der Waals surface area contributed by atoms with Gasteiger partial charge in [-0.2, -0.15) is 0 Å². The highest BCUT2D eigenvalue weighted by Crippen LogP contribution is 2.29. The first-order valence-corrected chi connectivity index (χ1v) is 6.26. The molecule has 2 fully saturated rings. The van der Waals surface area contributed by atoms with Gasteiger partial charge in [0.1, 0.15) is 0 Å². The lowest BCUT2D eigenvalue weighted by Crippen LogP contribution is -2.47. The van der Waals surface area contributed by atoms with Crippen molar-refractivity contribution in [2.75, 3.05) is 13.1 Å². The molecule has 1 aliphatic carbocycles. The van der Waals surface area contributed by atoms with Gasteiger partial charge in [-0.05, 0) is 39.2 Å². The number of hydrogen-bond acceptors (Lipinski definition) is 2. The molecule has 0 aromatic heterocycles. The summed E-state index contributed by atoms with van der Waals surface area (Å²) in [5.74, 6) is 2.87. The van der Waals surface area contributed by atoms with E-state index in [1.54, 1.807) is 0 Å². The van der Waals surface area contributed by atoms with Gasteiger partial charge in [0.2, 0.25) is 0 Å². The highest BCUT2D eigenvalue weighted by atomic mass is 15.2. The number of terminal acetylenes is 1. The number of nitrogens with zero attached hydrogens (tertiary/aromatic N) is 1. The zero-order chi connectivity index (χ0) is 10.7. The second-order valence-corrected chi connectivity index (χ2v) is 4.92. The van der Waals surface area contributed by atoms with Crippen LogP contribution in [0.25, 0.3) is 0 Å². The Morgan fingerprint density at radius 3 is 2.73 bits per heavy atom. The van der Waals surface area contributed by atoms with E-state index in [0.717, 1.165) is 12.6 Å². The van der Waals surface area contributed by atoms with Crippen molar-refractivity contribution in [3.8, 4) is 12.3 Å². The number of hydrogen-bond donors (Lipinski definition) is 1. The Balaban J connectivity index is 1.85. The molecule has 1 heterocycles. The molecule has 84 valence electrons. The van der Waals surface area contributed by atoms with Crippen molar-refractivity contribution in [2.45, 2.75) is 57.2 Å². The molecule has 1 saturated carbocycles. The minimum Gasteiger partial charge on any atom is -0.313 e. The van der Waals surface area contributed by atoms with Crippen molar-refractivity contribution in [2.24, 2.45) is 0 Å². The predicted octanol–water partition coefficient (Wildman–Crippen LogP) is 1.61. The van der Waals surface area contributed by atoms with Crippen LogP contribution in [-0.4, -0.2) is 36.1 Å². The minimum absolute atomic E-state index is 0.307. The molecule has 1 N–H and O–H groups in total. The molecule has 2 unspecified atom stereocenters. The van der Waals surface area contributed by atoms with E-state index in [1.165, 1.54) is 38.6 Å². The van der Waals surface area contributed by atoms with Crippen LogP contribution in [0.3, 0.4) is 0 Å². The zero-order valence-electron chi connectivity index (χ0n) is 9.71. The Morgan fingerprint density at radius 2 is 2.20 bits per heavy atom. The molecular weight excluding hydrogens is 184 g/mol. The molecule has 0 amide bonds. The topological polar surface area (TPSA) is 15.3 Å². The average molecular weight is 206 g/mol. The van der Waals surface area contributed by atoms with Gasteiger partial charge in [-0.15, -0.1) is 6.42 Å². The highest BCUT2D eigenvalue weighted by molar-refractivity contribution is 5.02. The maximum absolute atomic E-state index is 5.53. The van der Waals surface area contributed by atoms with Gasteiger partial charge in [0, 0.05) is 18.6 Å². The van der Waals surface area contributed by atoms with Crippen LogP contribution < -0.4 is 5.32 Å². The minimum atomic E-state index is 0.307. The molecule has 2 nitrogen and oxygen atoms in total. The molecule has 2 rings (SSSR count). The smallest absolute Gasteiger partial charge is 0.0686 e. The van der Waals surface area contributed by atoms with E-state index in [0.29, 0.717) is 12.1 Å². The SMILES string of the molecule is C#CC(C)N(CC1CCCCN1)C1CC1. The Labute approximate surface area is 93.4 Å². The van der Waals surface area contributed by atoms with Crippen molar-refractivity contribution in [1.29, 1.82) is 0 Å². The molecule has 0 aromatic carbocycles. The maximum Gasteiger partial charge on any atom is 0.0686 e. The van der Waals surface area contributed by atoms with Gasteiger partial charge in [-0.1, -0.05) is 12.3 Å². The van der Waals surface area contributed by atoms with E-state index in [1.807, 2.05) is 0 Å². The van der Waals surface area contributed by atoms with Gasteiger partial charge in [0.25, 0.3) is 0 Å². The normalized spacial score (nSPS) is 28.7. The summed E-state index contributed by atoms with van der Waals surface area (Å²) in [6, 6.07) is 1.76. The van der Waals surface area contributed by atoms with Gasteiger partial charge in [0.05, 0.1) is 6.04 Å². The zero-order valence-corrected chi connectivity index (χ0v) is 9.71. The maximum atomic E-state index is 5.53. The third-order valence-electron chi connectivity index (χ3n) is 3.60. The summed E-state index contributed by atoms with van der Waals surface area (Å²) < 4.78 is 0. The third kappa shape index (κ3) is 2.96. The molecule has 2 aliphatic rings. The van der Waals surface area contributed by atoms with E-state index >= 15 is 0 Å². The number of rotatable bonds is 4. The second kappa shape index (κ2) is 5.01. The van der Waals surface area contributed by atoms with Crippen molar-refractivity contribution < 1.29 is 0 Å². The van der Waals surface area contributed by atoms with E-state index in [4.69, 9.17) is 6.42 Å². The first kappa shape index (κ1) is 11.0. The van der Waals surface area contributed by atoms with E-state index in [9.17, 15) is 0 Å². The molecule has 1 aliphatic heterocycles. The van der Waals surface area contributed by atoms with Crippen molar-refractivity contribution in [3.05, 3.63) is 0 Å². The van der Waals surface area contributed by atoms with Crippen LogP contribution >= 0.6 is 0 Å². The lowest BCUT2D eigenvalue weighted by atomic mass is 10.0. The Morgan fingerprint density at radius 1 is 1.40 bits per heavy atom. The standard InChI is InChI=1S/C13H22N2/c1-3-11(2)15(13-7-8-13)10-12-6-4-5-9-14-12/h1,11-14H,4-10H2,2H3. The summed E-state index contributed by atoms with van der Waals surface area (Å²) in [7, 11) is 0. The van der Waals surface area contributed by atoms with Crippen LogP contribution in [0, 0.1) is 12.3 Å². The van der Waals surface area contributed by atoms with Crippen LogP contribution in [0.2, 0.25) is 0 Å². The first-order valence-electron chi connectivity index (χ1n) is 6.26. The van der Waals surface area contributed by atoms with Crippen molar-refractivity contribution in [3.63, 3.8) is 0 Å². The van der Waals surface area contributed by atoms with Crippen LogP contribution in [0.15, 0.2) is 0 Å². The lowest BCUT2D eigenvalue weighted by Gasteiger charge is -2.32. The molecule has 1 saturated heterocycles. The number of piperidine rings is 1. The lowest BCUT2D eigenvalue weighted by molar-refractivity contribution is 0.195. The van der Waals surface area contributed by atoms with Gasteiger partial charge in [-0.25, -0.2) is 0 Å². The van der Waals surface area contributed by atoms with Crippen LogP contribution in [0.5, 0.6) is 0 Å². The second-order valence-electron chi connectivity index (χ2n) is 4.92. The third-order valence-corrected chi connectivity index (χ3v) is 3.60. The summed E-state index contributed by atoms with van der Waals surface area (Å²) in [6.07, 6.45) is 12.3. The Kier molecular flexibility index (Phi) is 3.66. The summed E-state index contributed by atoms with van der Waals surface area (Å²) in [5.41, 5.74) is 0. The molecule has 2 heteroatoms. The predicted molar refractivity (Wildman–Crippen MR) is 63.7 cm³/mol. The molecule has 2 atom stereocenters. The van der Waals surface area contributed by atoms with Crippen molar-refractivity contribution >= 4 is 0 Å². The van der Waals surface area contributed by atoms with E-state index < -0.39 is 0 Å². The van der Waals surface area contributed by atoms with Gasteiger partial charge >= 0.3 is 0 Å². The van der Waals surface area contributed by atoms with Crippen LogP contribution in [0.1, 0.15) is 39.0 Å². The molecule has 0 spiro atoms.